The van der Waals surface area contributed by atoms with Crippen LogP contribution in [0.2, 0.25) is 33.2 Å². The number of halogens is 2. The van der Waals surface area contributed by atoms with Gasteiger partial charge in [-0.25, -0.2) is 8.78 Å². The molecule has 2 aliphatic carbocycles. The van der Waals surface area contributed by atoms with Gasteiger partial charge in [-0.3, -0.25) is 0 Å². The molecule has 0 heterocycles. The van der Waals surface area contributed by atoms with Crippen LogP contribution in [0.1, 0.15) is 116 Å². The third-order valence-corrected chi connectivity index (χ3v) is 26.4. The van der Waals surface area contributed by atoms with E-state index in [0.29, 0.717) is 58.9 Å². The van der Waals surface area contributed by atoms with Gasteiger partial charge in [0, 0.05) is 36.8 Å². The lowest BCUT2D eigenvalue weighted by atomic mass is 9.77. The minimum absolute atomic E-state index is 0.401. The highest BCUT2D eigenvalue weighted by Crippen LogP contribution is 2.49. The third-order valence-electron chi connectivity index (χ3n) is 13.8. The molecule has 0 N–H and O–H groups in total. The molecule has 272 valence electrons. The highest BCUT2D eigenvalue weighted by Gasteiger charge is 2.43. The molecule has 0 amide bonds. The van der Waals surface area contributed by atoms with Crippen molar-refractivity contribution in [3.63, 3.8) is 0 Å². The minimum Gasteiger partial charge on any atom is -0.247 e. The van der Waals surface area contributed by atoms with Gasteiger partial charge in [0.1, 0.15) is 28.5 Å². The Morgan fingerprint density at radius 3 is 1.10 bits per heavy atom. The third kappa shape index (κ3) is 5.41. The highest BCUT2D eigenvalue weighted by atomic mass is 28.3. The van der Waals surface area contributed by atoms with Gasteiger partial charge in [0.05, 0.1) is 0 Å². The summed E-state index contributed by atoms with van der Waals surface area (Å²) >= 11 is 0. The predicted molar refractivity (Wildman–Crippen MR) is 228 cm³/mol. The van der Waals surface area contributed by atoms with Gasteiger partial charge < -0.3 is 0 Å². The van der Waals surface area contributed by atoms with E-state index < -0.39 is 28.5 Å². The Morgan fingerprint density at radius 1 is 0.462 bits per heavy atom. The van der Waals surface area contributed by atoms with E-state index in [9.17, 15) is 0 Å². The Kier molecular flexibility index (Phi) is 9.49. The van der Waals surface area contributed by atoms with E-state index in [1.807, 2.05) is 0 Å². The van der Waals surface area contributed by atoms with Crippen LogP contribution < -0.4 is 0 Å². The van der Waals surface area contributed by atoms with Crippen molar-refractivity contribution in [3.05, 3.63) is 69.8 Å². The first-order valence-electron chi connectivity index (χ1n) is 20.1. The SMILES string of the molecule is CC(C)[Si](C#Cc1cc2c3ccc4c5c(c(C#C[Si](C(C)C)(C(C)C)C(C)C)cc(c6ccc7c(c1CC(F)C7)c62)c53)CC(F)C4)(C(C)C)C(C)C. The van der Waals surface area contributed by atoms with Crippen molar-refractivity contribution in [2.24, 2.45) is 0 Å². The Balaban J connectivity index is 1.61. The second-order valence-corrected chi connectivity index (χ2v) is 29.4. The van der Waals surface area contributed by atoms with E-state index in [1.165, 1.54) is 43.1 Å². The molecular formula is C48H58F2Si2. The van der Waals surface area contributed by atoms with Crippen LogP contribution in [-0.2, 0) is 25.7 Å². The predicted octanol–water partition coefficient (Wildman–Crippen LogP) is 13.7. The molecule has 2 aliphatic rings. The quantitative estimate of drug-likeness (QED) is 0.0707. The topological polar surface area (TPSA) is 0 Å². The first kappa shape index (κ1) is 37.1. The number of hydrogen-bond acceptors (Lipinski definition) is 0. The van der Waals surface area contributed by atoms with Crippen LogP contribution in [0, 0.1) is 22.9 Å². The van der Waals surface area contributed by atoms with Crippen LogP contribution in [0.3, 0.4) is 0 Å². The maximum Gasteiger partial charge on any atom is 0.146 e. The van der Waals surface area contributed by atoms with E-state index in [-0.39, 0.29) is 0 Å². The fourth-order valence-corrected chi connectivity index (χ4v) is 22.0. The summed E-state index contributed by atoms with van der Waals surface area (Å²) in [6.07, 6.45) is -0.164. The Morgan fingerprint density at radius 2 is 0.788 bits per heavy atom. The molecule has 0 bridgehead atoms. The molecule has 4 heteroatoms. The zero-order chi connectivity index (χ0) is 37.6. The van der Waals surface area contributed by atoms with Crippen molar-refractivity contribution in [2.45, 2.75) is 154 Å². The maximum absolute atomic E-state index is 15.6. The Hall–Kier alpha value is -3.19. The summed E-state index contributed by atoms with van der Waals surface area (Å²) in [5.74, 6) is 7.59. The summed E-state index contributed by atoms with van der Waals surface area (Å²) in [4.78, 5) is 0. The monoisotopic (exact) mass is 728 g/mol. The molecule has 0 aromatic heterocycles. The number of benzene rings is 5. The second-order valence-electron chi connectivity index (χ2n) is 18.3. The summed E-state index contributed by atoms with van der Waals surface area (Å²) in [5.41, 5.74) is 17.4. The van der Waals surface area contributed by atoms with E-state index in [2.05, 4.69) is 142 Å². The van der Waals surface area contributed by atoms with Crippen molar-refractivity contribution in [3.8, 4) is 22.9 Å². The van der Waals surface area contributed by atoms with Gasteiger partial charge in [-0.05, 0) is 111 Å². The van der Waals surface area contributed by atoms with E-state index in [1.54, 1.807) is 0 Å². The number of fused-ring (bicyclic) bond motifs is 2. The average molecular weight is 729 g/mol. The number of rotatable bonds is 6. The van der Waals surface area contributed by atoms with E-state index in [4.69, 9.17) is 0 Å². The molecule has 2 atom stereocenters. The van der Waals surface area contributed by atoms with Crippen LogP contribution in [0.5, 0.6) is 0 Å². The fraction of sp³-hybridized carbons (Fsp3) is 0.500. The van der Waals surface area contributed by atoms with Crippen LogP contribution in [0.15, 0.2) is 36.4 Å². The van der Waals surface area contributed by atoms with Crippen LogP contribution in [-0.4, -0.2) is 28.5 Å². The average Bonchev–Trinajstić information content (AvgIpc) is 3.06. The standard InChI is InChI=1S/C48H58F2Si2/c1-27(2)51(28(3)4,29(5)6)19-17-33-23-43-39-15-14-36-22-38(50)26-42-34(18-20-52(30(7)8,31(9)10)32(11)12)24-44(48(39)46(36)42)40-16-13-35-21-37(49)25-41(33)45(35)47(40)43/h13-16,23-24,27-32,37-38H,21-22,25-26H2,1-12H3. The lowest BCUT2D eigenvalue weighted by molar-refractivity contribution is 0.327. The molecule has 5 aromatic carbocycles. The van der Waals surface area contributed by atoms with Gasteiger partial charge in [0.2, 0.25) is 0 Å². The molecular weight excluding hydrogens is 671 g/mol. The second kappa shape index (κ2) is 13.3. The lowest BCUT2D eigenvalue weighted by Crippen LogP contribution is -2.43. The summed E-state index contributed by atoms with van der Waals surface area (Å²) in [7, 11) is -4.05. The Labute approximate surface area is 313 Å². The van der Waals surface area contributed by atoms with Crippen LogP contribution in [0.25, 0.3) is 43.1 Å². The Bertz CT molecular complexity index is 2130. The molecule has 2 unspecified atom stereocenters. The van der Waals surface area contributed by atoms with Gasteiger partial charge in [-0.2, -0.15) is 0 Å². The van der Waals surface area contributed by atoms with E-state index in [0.717, 1.165) is 33.4 Å². The smallest absolute Gasteiger partial charge is 0.146 e. The summed E-state index contributed by atoms with van der Waals surface area (Å²) in [6, 6.07) is 13.4. The first-order chi connectivity index (χ1) is 24.5. The molecule has 0 saturated carbocycles. The number of alkyl halides is 2. The van der Waals surface area contributed by atoms with Crippen molar-refractivity contribution in [1.82, 2.24) is 0 Å². The van der Waals surface area contributed by atoms with Crippen LogP contribution >= 0.6 is 0 Å². The largest absolute Gasteiger partial charge is 0.247 e. The van der Waals surface area contributed by atoms with Gasteiger partial charge in [0.15, 0.2) is 0 Å². The van der Waals surface area contributed by atoms with Crippen molar-refractivity contribution < 1.29 is 8.78 Å². The van der Waals surface area contributed by atoms with Crippen molar-refractivity contribution in [1.29, 1.82) is 0 Å². The molecule has 0 spiro atoms. The molecule has 0 aliphatic heterocycles. The zero-order valence-electron chi connectivity index (χ0n) is 33.7. The van der Waals surface area contributed by atoms with Crippen molar-refractivity contribution >= 4 is 59.2 Å². The van der Waals surface area contributed by atoms with Crippen molar-refractivity contribution in [2.75, 3.05) is 0 Å². The molecule has 0 radical (unpaired) electrons. The zero-order valence-corrected chi connectivity index (χ0v) is 35.7. The van der Waals surface area contributed by atoms with Gasteiger partial charge in [-0.1, -0.05) is 119 Å². The van der Waals surface area contributed by atoms with Gasteiger partial charge in [0.25, 0.3) is 0 Å². The fourth-order valence-electron chi connectivity index (χ4n) is 11.6. The maximum atomic E-state index is 15.6. The first-order valence-corrected chi connectivity index (χ1v) is 24.6. The molecule has 0 nitrogen and oxygen atoms in total. The summed E-state index contributed by atoms with van der Waals surface area (Å²) in [6.45, 7) is 28.2. The molecule has 0 saturated heterocycles. The van der Waals surface area contributed by atoms with Gasteiger partial charge >= 0.3 is 0 Å². The molecule has 7 rings (SSSR count). The molecule has 5 aromatic rings. The number of hydrogen-bond donors (Lipinski definition) is 0. The molecule has 52 heavy (non-hydrogen) atoms. The normalized spacial score (nSPS) is 17.8. The molecule has 0 fully saturated rings. The minimum atomic E-state index is -2.03. The van der Waals surface area contributed by atoms with Gasteiger partial charge in [-0.15, -0.1) is 11.1 Å². The van der Waals surface area contributed by atoms with E-state index >= 15 is 8.78 Å². The van der Waals surface area contributed by atoms with Crippen LogP contribution in [0.4, 0.5) is 8.78 Å². The summed E-state index contributed by atoms with van der Waals surface area (Å²) in [5, 5.41) is 9.66. The summed E-state index contributed by atoms with van der Waals surface area (Å²) < 4.78 is 31.3. The lowest BCUT2D eigenvalue weighted by Gasteiger charge is -2.38. The highest BCUT2D eigenvalue weighted by molar-refractivity contribution is 6.91.